The summed E-state index contributed by atoms with van der Waals surface area (Å²) in [5.74, 6) is 0.747. The SMILES string of the molecule is N#Cc1cccnc1NC1CCN2CCCC2C1. The zero-order chi connectivity index (χ0) is 12.4. The average Bonchev–Trinajstić information content (AvgIpc) is 2.87. The first-order chi connectivity index (χ1) is 8.86. The number of nitrogens with one attached hydrogen (secondary N) is 1. The molecule has 0 radical (unpaired) electrons. The third-order valence-electron chi connectivity index (χ3n) is 4.09. The maximum Gasteiger partial charge on any atom is 0.144 e. The number of rotatable bonds is 2. The fourth-order valence-corrected chi connectivity index (χ4v) is 3.16. The topological polar surface area (TPSA) is 52.0 Å². The van der Waals surface area contributed by atoms with Gasteiger partial charge in [0.25, 0.3) is 0 Å². The third-order valence-corrected chi connectivity index (χ3v) is 4.09. The van der Waals surface area contributed by atoms with Gasteiger partial charge >= 0.3 is 0 Å². The fourth-order valence-electron chi connectivity index (χ4n) is 3.16. The molecule has 1 N–H and O–H groups in total. The van der Waals surface area contributed by atoms with E-state index in [4.69, 9.17) is 5.26 Å². The van der Waals surface area contributed by atoms with Gasteiger partial charge in [-0.1, -0.05) is 0 Å². The molecule has 1 aromatic heterocycles. The number of pyridine rings is 1. The summed E-state index contributed by atoms with van der Waals surface area (Å²) in [5, 5.41) is 12.5. The molecule has 3 rings (SSSR count). The molecule has 0 saturated carbocycles. The number of hydrogen-bond acceptors (Lipinski definition) is 4. The first-order valence-corrected chi connectivity index (χ1v) is 6.72. The number of aromatic nitrogens is 1. The summed E-state index contributed by atoms with van der Waals surface area (Å²) < 4.78 is 0. The van der Waals surface area contributed by atoms with Gasteiger partial charge in [-0.05, 0) is 44.4 Å². The van der Waals surface area contributed by atoms with Crippen LogP contribution >= 0.6 is 0 Å². The van der Waals surface area contributed by atoms with Gasteiger partial charge in [-0.15, -0.1) is 0 Å². The Balaban J connectivity index is 1.68. The maximum atomic E-state index is 9.06. The Hall–Kier alpha value is -1.60. The molecule has 2 saturated heterocycles. The third kappa shape index (κ3) is 2.19. The molecule has 0 aromatic carbocycles. The van der Waals surface area contributed by atoms with Crippen LogP contribution in [0.15, 0.2) is 18.3 Å². The zero-order valence-corrected chi connectivity index (χ0v) is 10.5. The van der Waals surface area contributed by atoms with Crippen molar-refractivity contribution in [3.05, 3.63) is 23.9 Å². The molecule has 0 aliphatic carbocycles. The van der Waals surface area contributed by atoms with Gasteiger partial charge in [0, 0.05) is 24.8 Å². The van der Waals surface area contributed by atoms with Gasteiger partial charge < -0.3 is 10.2 Å². The Morgan fingerprint density at radius 2 is 2.33 bits per heavy atom. The summed E-state index contributed by atoms with van der Waals surface area (Å²) in [6.07, 6.45) is 6.74. The molecule has 2 unspecified atom stereocenters. The van der Waals surface area contributed by atoms with Crippen LogP contribution in [0, 0.1) is 11.3 Å². The number of nitriles is 1. The minimum Gasteiger partial charge on any atom is -0.366 e. The van der Waals surface area contributed by atoms with E-state index in [0.29, 0.717) is 11.6 Å². The van der Waals surface area contributed by atoms with Crippen molar-refractivity contribution in [2.24, 2.45) is 0 Å². The average molecular weight is 242 g/mol. The number of fused-ring (bicyclic) bond motifs is 1. The van der Waals surface area contributed by atoms with Crippen LogP contribution in [0.2, 0.25) is 0 Å². The number of piperidine rings is 1. The van der Waals surface area contributed by atoms with E-state index < -0.39 is 0 Å². The lowest BCUT2D eigenvalue weighted by molar-refractivity contribution is 0.188. The molecule has 94 valence electrons. The van der Waals surface area contributed by atoms with Crippen LogP contribution in [0.3, 0.4) is 0 Å². The normalized spacial score (nSPS) is 27.5. The smallest absolute Gasteiger partial charge is 0.144 e. The van der Waals surface area contributed by atoms with E-state index in [1.807, 2.05) is 12.1 Å². The predicted molar refractivity (Wildman–Crippen MR) is 70.2 cm³/mol. The van der Waals surface area contributed by atoms with Crippen molar-refractivity contribution in [3.63, 3.8) is 0 Å². The minimum absolute atomic E-state index is 0.464. The van der Waals surface area contributed by atoms with Crippen LogP contribution in [-0.4, -0.2) is 35.1 Å². The van der Waals surface area contributed by atoms with Gasteiger partial charge in [-0.25, -0.2) is 4.98 Å². The molecular formula is C14H18N4. The van der Waals surface area contributed by atoms with E-state index in [-0.39, 0.29) is 0 Å². The molecule has 2 aliphatic heterocycles. The van der Waals surface area contributed by atoms with Crippen LogP contribution in [0.1, 0.15) is 31.2 Å². The molecule has 0 amide bonds. The lowest BCUT2D eigenvalue weighted by Gasteiger charge is -2.35. The molecule has 3 heterocycles. The van der Waals surface area contributed by atoms with Crippen molar-refractivity contribution in [2.75, 3.05) is 18.4 Å². The van der Waals surface area contributed by atoms with E-state index in [1.165, 1.54) is 32.4 Å². The molecule has 4 heteroatoms. The van der Waals surface area contributed by atoms with Crippen molar-refractivity contribution >= 4 is 5.82 Å². The minimum atomic E-state index is 0.464. The van der Waals surface area contributed by atoms with Gasteiger partial charge in [0.2, 0.25) is 0 Å². The molecule has 0 bridgehead atoms. The van der Waals surface area contributed by atoms with Crippen molar-refractivity contribution in [2.45, 2.75) is 37.8 Å². The molecule has 18 heavy (non-hydrogen) atoms. The summed E-state index contributed by atoms with van der Waals surface area (Å²) in [4.78, 5) is 6.88. The van der Waals surface area contributed by atoms with Gasteiger partial charge in [0.05, 0.1) is 5.56 Å². The highest BCUT2D eigenvalue weighted by atomic mass is 15.2. The van der Waals surface area contributed by atoms with Gasteiger partial charge in [0.15, 0.2) is 0 Å². The van der Waals surface area contributed by atoms with Crippen LogP contribution in [0.25, 0.3) is 0 Å². The number of hydrogen-bond donors (Lipinski definition) is 1. The summed E-state index contributed by atoms with van der Waals surface area (Å²) in [6.45, 7) is 2.45. The lowest BCUT2D eigenvalue weighted by Crippen LogP contribution is -2.42. The van der Waals surface area contributed by atoms with E-state index in [0.717, 1.165) is 18.3 Å². The first kappa shape index (κ1) is 11.5. The molecule has 2 fully saturated rings. The highest BCUT2D eigenvalue weighted by molar-refractivity contribution is 5.51. The van der Waals surface area contributed by atoms with Gasteiger partial charge in [0.1, 0.15) is 11.9 Å². The Morgan fingerprint density at radius 3 is 3.22 bits per heavy atom. The summed E-state index contributed by atoms with van der Waals surface area (Å²) >= 11 is 0. The van der Waals surface area contributed by atoms with Crippen molar-refractivity contribution in [1.29, 1.82) is 5.26 Å². The molecule has 1 aromatic rings. The molecular weight excluding hydrogens is 224 g/mol. The number of nitrogens with zero attached hydrogens (tertiary/aromatic N) is 3. The number of anilines is 1. The second-order valence-corrected chi connectivity index (χ2v) is 5.21. The van der Waals surface area contributed by atoms with Crippen LogP contribution in [0.5, 0.6) is 0 Å². The second-order valence-electron chi connectivity index (χ2n) is 5.21. The highest BCUT2D eigenvalue weighted by Gasteiger charge is 2.31. The molecule has 0 spiro atoms. The molecule has 2 atom stereocenters. The zero-order valence-electron chi connectivity index (χ0n) is 10.5. The van der Waals surface area contributed by atoms with E-state index in [9.17, 15) is 0 Å². The Bertz CT molecular complexity index is 465. The van der Waals surface area contributed by atoms with Gasteiger partial charge in [-0.2, -0.15) is 5.26 Å². The summed E-state index contributed by atoms with van der Waals surface area (Å²) in [5.41, 5.74) is 0.645. The van der Waals surface area contributed by atoms with Crippen LogP contribution < -0.4 is 5.32 Å². The summed E-state index contributed by atoms with van der Waals surface area (Å²) in [6, 6.07) is 7.03. The van der Waals surface area contributed by atoms with Crippen LogP contribution in [-0.2, 0) is 0 Å². The van der Waals surface area contributed by atoms with Gasteiger partial charge in [-0.3, -0.25) is 0 Å². The quantitative estimate of drug-likeness (QED) is 0.861. The standard InChI is InChI=1S/C14H18N4/c15-10-11-3-1-6-16-14(11)17-12-5-8-18-7-2-4-13(18)9-12/h1,3,6,12-13H,2,4-5,7-9H2,(H,16,17). The monoisotopic (exact) mass is 242 g/mol. The fraction of sp³-hybridized carbons (Fsp3) is 0.571. The molecule has 2 aliphatic rings. The molecule has 4 nitrogen and oxygen atoms in total. The maximum absolute atomic E-state index is 9.06. The highest BCUT2D eigenvalue weighted by Crippen LogP contribution is 2.28. The Kier molecular flexibility index (Phi) is 3.16. The lowest BCUT2D eigenvalue weighted by atomic mass is 9.97. The Morgan fingerprint density at radius 1 is 1.39 bits per heavy atom. The summed E-state index contributed by atoms with van der Waals surface area (Å²) in [7, 11) is 0. The largest absolute Gasteiger partial charge is 0.366 e. The predicted octanol–water partition coefficient (Wildman–Crippen LogP) is 1.99. The van der Waals surface area contributed by atoms with Crippen molar-refractivity contribution in [3.8, 4) is 6.07 Å². The first-order valence-electron chi connectivity index (χ1n) is 6.72. The van der Waals surface area contributed by atoms with Crippen LogP contribution in [0.4, 0.5) is 5.82 Å². The van der Waals surface area contributed by atoms with E-state index >= 15 is 0 Å². The van der Waals surface area contributed by atoms with E-state index in [2.05, 4.69) is 21.3 Å². The van der Waals surface area contributed by atoms with Crippen molar-refractivity contribution < 1.29 is 0 Å². The van der Waals surface area contributed by atoms with Crippen molar-refractivity contribution in [1.82, 2.24) is 9.88 Å². The van der Waals surface area contributed by atoms with E-state index in [1.54, 1.807) is 6.20 Å². The second kappa shape index (κ2) is 4.95. The Labute approximate surface area is 108 Å².